The fourth-order valence-electron chi connectivity index (χ4n) is 2.59. The topological polar surface area (TPSA) is 83.0 Å². The number of amides is 2. The van der Waals surface area contributed by atoms with Gasteiger partial charge in [0.2, 0.25) is 5.91 Å². The molecule has 0 unspecified atom stereocenters. The number of fused-ring (bicyclic) bond motifs is 1. The van der Waals surface area contributed by atoms with E-state index < -0.39 is 11.7 Å². The molecule has 0 fully saturated rings. The summed E-state index contributed by atoms with van der Waals surface area (Å²) in [6.45, 7) is 5.47. The summed E-state index contributed by atoms with van der Waals surface area (Å²) < 4.78 is 5.42. The highest BCUT2D eigenvalue weighted by molar-refractivity contribution is 6.08. The zero-order valence-electron chi connectivity index (χ0n) is 15.4. The number of likely N-dealkylation sites (N-methyl/N-ethyl adjacent to an activating group) is 1. The molecular formula is C18H27N3O4. The van der Waals surface area contributed by atoms with Crippen LogP contribution in [0.5, 0.6) is 0 Å². The number of carbonyl (C=O) groups is 2. The summed E-state index contributed by atoms with van der Waals surface area (Å²) in [5, 5.41) is 8.85. The van der Waals surface area contributed by atoms with E-state index in [1.807, 2.05) is 12.1 Å². The standard InChI is InChI=1S/C18H27N3O4/c1-18(2,3)25-17(24)21-12-15(23)20(4)14-10-9-13(19-16(14)21)8-6-5-7-11-22/h9-10,22H,5-8,11-12H2,1-4H3. The molecule has 25 heavy (non-hydrogen) atoms. The molecule has 138 valence electrons. The van der Waals surface area contributed by atoms with Crippen LogP contribution in [0.15, 0.2) is 12.1 Å². The lowest BCUT2D eigenvalue weighted by Crippen LogP contribution is -2.48. The van der Waals surface area contributed by atoms with Crippen LogP contribution in [0.1, 0.15) is 45.7 Å². The monoisotopic (exact) mass is 349 g/mol. The first kappa shape index (κ1) is 19.2. The van der Waals surface area contributed by atoms with E-state index in [0.29, 0.717) is 11.5 Å². The second-order valence-electron chi connectivity index (χ2n) is 7.20. The minimum absolute atomic E-state index is 0.0839. The third kappa shape index (κ3) is 4.92. The maximum Gasteiger partial charge on any atom is 0.416 e. The van der Waals surface area contributed by atoms with Gasteiger partial charge in [-0.25, -0.2) is 9.78 Å². The first-order chi connectivity index (χ1) is 11.7. The molecular weight excluding hydrogens is 322 g/mol. The number of rotatable bonds is 5. The smallest absolute Gasteiger partial charge is 0.416 e. The van der Waals surface area contributed by atoms with Crippen LogP contribution in [0.4, 0.5) is 16.3 Å². The maximum atomic E-state index is 12.5. The van der Waals surface area contributed by atoms with E-state index in [0.717, 1.165) is 31.4 Å². The number of pyridine rings is 1. The Morgan fingerprint density at radius 3 is 2.64 bits per heavy atom. The van der Waals surface area contributed by atoms with Crippen LogP contribution in [-0.4, -0.2) is 47.9 Å². The van der Waals surface area contributed by atoms with Crippen molar-refractivity contribution in [2.24, 2.45) is 0 Å². The Hall–Kier alpha value is -2.15. The van der Waals surface area contributed by atoms with Gasteiger partial charge >= 0.3 is 6.09 Å². The number of ether oxygens (including phenoxy) is 1. The molecule has 0 saturated carbocycles. The quantitative estimate of drug-likeness (QED) is 0.826. The summed E-state index contributed by atoms with van der Waals surface area (Å²) in [5.74, 6) is 0.270. The minimum atomic E-state index is -0.647. The predicted molar refractivity (Wildman–Crippen MR) is 95.9 cm³/mol. The van der Waals surface area contributed by atoms with E-state index >= 15 is 0 Å². The van der Waals surface area contributed by atoms with Gasteiger partial charge < -0.3 is 14.7 Å². The van der Waals surface area contributed by atoms with E-state index in [1.165, 1.54) is 9.80 Å². The van der Waals surface area contributed by atoms with Gasteiger partial charge in [-0.3, -0.25) is 9.69 Å². The van der Waals surface area contributed by atoms with Crippen LogP contribution in [0.2, 0.25) is 0 Å². The number of aromatic nitrogens is 1. The zero-order valence-corrected chi connectivity index (χ0v) is 15.4. The fourth-order valence-corrected chi connectivity index (χ4v) is 2.59. The number of nitrogens with zero attached hydrogens (tertiary/aromatic N) is 3. The van der Waals surface area contributed by atoms with Gasteiger partial charge in [-0.05, 0) is 52.2 Å². The van der Waals surface area contributed by atoms with Crippen molar-refractivity contribution in [2.75, 3.05) is 30.0 Å². The molecule has 0 atom stereocenters. The Balaban J connectivity index is 2.25. The van der Waals surface area contributed by atoms with Crippen molar-refractivity contribution in [2.45, 2.75) is 52.1 Å². The molecule has 0 spiro atoms. The van der Waals surface area contributed by atoms with Crippen LogP contribution in [0.3, 0.4) is 0 Å². The summed E-state index contributed by atoms with van der Waals surface area (Å²) >= 11 is 0. The molecule has 2 rings (SSSR count). The molecule has 7 nitrogen and oxygen atoms in total. The van der Waals surface area contributed by atoms with Gasteiger partial charge in [0, 0.05) is 19.3 Å². The summed E-state index contributed by atoms with van der Waals surface area (Å²) in [6, 6.07) is 3.69. The summed E-state index contributed by atoms with van der Waals surface area (Å²) in [7, 11) is 1.68. The average Bonchev–Trinajstić information content (AvgIpc) is 2.53. The molecule has 1 aliphatic rings. The van der Waals surface area contributed by atoms with Crippen molar-refractivity contribution in [3.05, 3.63) is 17.8 Å². The number of anilines is 2. The fraction of sp³-hybridized carbons (Fsp3) is 0.611. The van der Waals surface area contributed by atoms with Crippen molar-refractivity contribution in [3.63, 3.8) is 0 Å². The molecule has 1 N–H and O–H groups in total. The minimum Gasteiger partial charge on any atom is -0.443 e. The summed E-state index contributed by atoms with van der Waals surface area (Å²) in [4.78, 5) is 32.1. The number of aliphatic hydroxyl groups is 1. The van der Waals surface area contributed by atoms with Crippen LogP contribution in [0, 0.1) is 0 Å². The van der Waals surface area contributed by atoms with Crippen LogP contribution < -0.4 is 9.80 Å². The number of unbranched alkanes of at least 4 members (excludes halogenated alkanes) is 2. The number of hydrogen-bond acceptors (Lipinski definition) is 5. The van der Waals surface area contributed by atoms with Gasteiger partial charge in [0.05, 0.1) is 5.69 Å². The van der Waals surface area contributed by atoms with Crippen LogP contribution >= 0.6 is 0 Å². The number of hydrogen-bond donors (Lipinski definition) is 1. The van der Waals surface area contributed by atoms with Crippen molar-refractivity contribution in [1.29, 1.82) is 0 Å². The number of aliphatic hydroxyl groups excluding tert-OH is 1. The van der Waals surface area contributed by atoms with Gasteiger partial charge in [0.25, 0.3) is 0 Å². The van der Waals surface area contributed by atoms with Crippen LogP contribution in [-0.2, 0) is 16.0 Å². The largest absolute Gasteiger partial charge is 0.443 e. The predicted octanol–water partition coefficient (Wildman–Crippen LogP) is 2.50. The molecule has 1 aromatic heterocycles. The van der Waals surface area contributed by atoms with Crippen LogP contribution in [0.25, 0.3) is 0 Å². The van der Waals surface area contributed by atoms with Crippen molar-refractivity contribution in [3.8, 4) is 0 Å². The third-order valence-electron chi connectivity index (χ3n) is 3.90. The average molecular weight is 349 g/mol. The number of carbonyl (C=O) groups excluding carboxylic acids is 2. The molecule has 2 amide bonds. The molecule has 7 heteroatoms. The van der Waals surface area contributed by atoms with Gasteiger partial charge in [0.1, 0.15) is 12.1 Å². The van der Waals surface area contributed by atoms with E-state index in [2.05, 4.69) is 4.98 Å². The first-order valence-electron chi connectivity index (χ1n) is 8.61. The summed E-state index contributed by atoms with van der Waals surface area (Å²) in [6.07, 6.45) is 2.79. The van der Waals surface area contributed by atoms with Crippen molar-refractivity contribution in [1.82, 2.24) is 4.98 Å². The van der Waals surface area contributed by atoms with Crippen molar-refractivity contribution < 1.29 is 19.4 Å². The highest BCUT2D eigenvalue weighted by Gasteiger charge is 2.34. The lowest BCUT2D eigenvalue weighted by molar-refractivity contribution is -0.117. The molecule has 0 saturated heterocycles. The Bertz CT molecular complexity index is 640. The maximum absolute atomic E-state index is 12.5. The van der Waals surface area contributed by atoms with Gasteiger partial charge in [0.15, 0.2) is 5.82 Å². The molecule has 0 radical (unpaired) electrons. The second-order valence-corrected chi connectivity index (χ2v) is 7.20. The Labute approximate surface area is 148 Å². The Morgan fingerprint density at radius 1 is 1.28 bits per heavy atom. The van der Waals surface area contributed by atoms with E-state index in [1.54, 1.807) is 27.8 Å². The summed E-state index contributed by atoms with van der Waals surface area (Å²) in [5.41, 5.74) is 0.806. The Kier molecular flexibility index (Phi) is 6.00. The highest BCUT2D eigenvalue weighted by atomic mass is 16.6. The lowest BCUT2D eigenvalue weighted by Gasteiger charge is -2.34. The van der Waals surface area contributed by atoms with Gasteiger partial charge in [-0.15, -0.1) is 0 Å². The normalized spacial score (nSPS) is 14.5. The van der Waals surface area contributed by atoms with E-state index in [9.17, 15) is 9.59 Å². The molecule has 0 aromatic carbocycles. The third-order valence-corrected chi connectivity index (χ3v) is 3.90. The van der Waals surface area contributed by atoms with Crippen molar-refractivity contribution >= 4 is 23.5 Å². The molecule has 2 heterocycles. The van der Waals surface area contributed by atoms with E-state index in [-0.39, 0.29) is 19.1 Å². The first-order valence-corrected chi connectivity index (χ1v) is 8.61. The van der Waals surface area contributed by atoms with Gasteiger partial charge in [-0.2, -0.15) is 0 Å². The molecule has 1 aliphatic heterocycles. The SMILES string of the molecule is CN1C(=O)CN(C(=O)OC(C)(C)C)c2nc(CCCCCO)ccc21. The highest BCUT2D eigenvalue weighted by Crippen LogP contribution is 2.32. The lowest BCUT2D eigenvalue weighted by atomic mass is 10.1. The van der Waals surface area contributed by atoms with E-state index in [4.69, 9.17) is 9.84 Å². The Morgan fingerprint density at radius 2 is 2.00 bits per heavy atom. The second kappa shape index (κ2) is 7.82. The molecule has 1 aromatic rings. The van der Waals surface area contributed by atoms with Gasteiger partial charge in [-0.1, -0.05) is 6.42 Å². The molecule has 0 bridgehead atoms. The zero-order chi connectivity index (χ0) is 18.6. The number of aryl methyl sites for hydroxylation is 1. The molecule has 0 aliphatic carbocycles.